The van der Waals surface area contributed by atoms with Crippen LogP contribution in [-0.4, -0.2) is 90.2 Å². The first-order valence-electron chi connectivity index (χ1n) is 12.5. The van der Waals surface area contributed by atoms with E-state index >= 15 is 0 Å². The molecule has 1 aliphatic rings. The van der Waals surface area contributed by atoms with Crippen molar-refractivity contribution in [2.24, 2.45) is 0 Å². The van der Waals surface area contributed by atoms with E-state index in [2.05, 4.69) is 45.7 Å². The van der Waals surface area contributed by atoms with E-state index in [1.165, 1.54) is 12.3 Å². The molecule has 12 nitrogen and oxygen atoms in total. The number of hydrogen-bond donors (Lipinski definition) is 4. The Morgan fingerprint density at radius 3 is 2.66 bits per heavy atom. The molecule has 0 radical (unpaired) electrons. The molecule has 1 aromatic carbocycles. The number of carbonyl (C=O) groups excluding carboxylic acids is 1. The first-order chi connectivity index (χ1) is 18.5. The Morgan fingerprint density at radius 2 is 1.87 bits per heavy atom. The van der Waals surface area contributed by atoms with Crippen LogP contribution in [0.15, 0.2) is 47.5 Å². The summed E-state index contributed by atoms with van der Waals surface area (Å²) in [5, 5.41) is 9.75. The third kappa shape index (κ3) is 7.80. The predicted octanol–water partition coefficient (Wildman–Crippen LogP) is 1.69. The normalized spacial score (nSPS) is 13.7. The number of hydrogen-bond acceptors (Lipinski definition) is 10. The van der Waals surface area contributed by atoms with Gasteiger partial charge in [0.2, 0.25) is 11.9 Å². The van der Waals surface area contributed by atoms with Gasteiger partial charge >= 0.3 is 0 Å². The highest BCUT2D eigenvalue weighted by Gasteiger charge is 2.20. The molecule has 3 heterocycles. The largest absolute Gasteiger partial charge is 0.495 e. The van der Waals surface area contributed by atoms with Gasteiger partial charge in [-0.3, -0.25) is 19.5 Å². The Bertz CT molecular complexity index is 1260. The van der Waals surface area contributed by atoms with Crippen LogP contribution in [0.1, 0.15) is 16.9 Å². The minimum absolute atomic E-state index is 0.221. The number of amides is 1. The van der Waals surface area contributed by atoms with Gasteiger partial charge in [0.05, 0.1) is 12.8 Å². The number of ether oxygens (including phenoxy) is 1. The van der Waals surface area contributed by atoms with Gasteiger partial charge in [0, 0.05) is 75.8 Å². The van der Waals surface area contributed by atoms with Gasteiger partial charge in [0.1, 0.15) is 11.4 Å². The molecule has 1 fully saturated rings. The van der Waals surface area contributed by atoms with Crippen LogP contribution in [0.5, 0.6) is 5.75 Å². The number of benzene rings is 1. The number of rotatable bonds is 12. The molecule has 3 aromatic rings. The lowest BCUT2D eigenvalue weighted by Crippen LogP contribution is -2.47. The summed E-state index contributed by atoms with van der Waals surface area (Å²) in [5.41, 5.74) is 1.09. The van der Waals surface area contributed by atoms with Gasteiger partial charge in [0.25, 0.3) is 11.5 Å². The number of aromatic amines is 1. The molecule has 13 heteroatoms. The summed E-state index contributed by atoms with van der Waals surface area (Å²) in [6, 6.07) is 8.60. The number of methoxy groups -OCH3 is 1. The Morgan fingerprint density at radius 1 is 1.05 bits per heavy atom. The molecule has 0 unspecified atom stereocenters. The minimum Gasteiger partial charge on any atom is -0.495 e. The SMILES string of the molecule is COc1ccc(Cl)cc1N1CCN(CCNc2nccc(C(=O)NCCCNc3nccc(=O)[nH]3)n2)CC1. The van der Waals surface area contributed by atoms with Crippen LogP contribution >= 0.6 is 11.6 Å². The van der Waals surface area contributed by atoms with Crippen LogP contribution in [0.4, 0.5) is 17.6 Å². The van der Waals surface area contributed by atoms with E-state index in [-0.39, 0.29) is 11.5 Å². The van der Waals surface area contributed by atoms with Gasteiger partial charge in [-0.05, 0) is 30.7 Å². The molecule has 202 valence electrons. The predicted molar refractivity (Wildman–Crippen MR) is 147 cm³/mol. The fourth-order valence-corrected chi connectivity index (χ4v) is 4.23. The highest BCUT2D eigenvalue weighted by Crippen LogP contribution is 2.31. The first kappa shape index (κ1) is 27.1. The average molecular weight is 542 g/mol. The van der Waals surface area contributed by atoms with Gasteiger partial charge in [-0.2, -0.15) is 0 Å². The van der Waals surface area contributed by atoms with Crippen molar-refractivity contribution in [1.29, 1.82) is 0 Å². The summed E-state index contributed by atoms with van der Waals surface area (Å²) in [6.45, 7) is 6.04. The quantitative estimate of drug-likeness (QED) is 0.250. The van der Waals surface area contributed by atoms with E-state index in [0.29, 0.717) is 48.7 Å². The van der Waals surface area contributed by atoms with Gasteiger partial charge in [0.15, 0.2) is 0 Å². The van der Waals surface area contributed by atoms with Crippen LogP contribution in [-0.2, 0) is 0 Å². The lowest BCUT2D eigenvalue weighted by Gasteiger charge is -2.36. The summed E-state index contributed by atoms with van der Waals surface area (Å²) >= 11 is 6.19. The summed E-state index contributed by atoms with van der Waals surface area (Å²) < 4.78 is 5.49. The number of halogens is 1. The number of aromatic nitrogens is 4. The van der Waals surface area contributed by atoms with Crippen molar-refractivity contribution in [3.63, 3.8) is 0 Å². The second kappa shape index (κ2) is 13.6. The molecule has 1 saturated heterocycles. The standard InChI is InChI=1S/C25H32ClN9O3/c1-38-21-4-3-18(26)17-20(21)35-15-13-34(14-16-35)12-11-31-24-29-9-5-19(32-24)23(37)27-7-2-8-28-25-30-10-6-22(36)33-25/h3-6,9-10,17H,2,7-8,11-16H2,1H3,(H,27,37)(H,29,31,32)(H2,28,30,33,36). The second-order valence-electron chi connectivity index (χ2n) is 8.66. The highest BCUT2D eigenvalue weighted by molar-refractivity contribution is 6.30. The number of nitrogens with one attached hydrogen (secondary N) is 4. The topological polar surface area (TPSA) is 140 Å². The molecule has 0 spiro atoms. The molecule has 0 aliphatic carbocycles. The number of piperazine rings is 1. The van der Waals surface area contributed by atoms with Crippen LogP contribution < -0.4 is 31.1 Å². The third-order valence-electron chi connectivity index (χ3n) is 6.06. The molecule has 4 N–H and O–H groups in total. The zero-order valence-electron chi connectivity index (χ0n) is 21.2. The zero-order valence-corrected chi connectivity index (χ0v) is 22.0. The maximum absolute atomic E-state index is 12.5. The molecule has 4 rings (SSSR count). The molecular formula is C25H32ClN9O3. The number of H-pyrrole nitrogens is 1. The van der Waals surface area contributed by atoms with Crippen molar-refractivity contribution >= 4 is 35.1 Å². The Hall–Kier alpha value is -3.90. The van der Waals surface area contributed by atoms with E-state index in [1.54, 1.807) is 19.4 Å². The molecule has 38 heavy (non-hydrogen) atoms. The minimum atomic E-state index is -0.269. The second-order valence-corrected chi connectivity index (χ2v) is 9.09. The Balaban J connectivity index is 1.15. The maximum Gasteiger partial charge on any atom is 0.270 e. The molecule has 0 bridgehead atoms. The average Bonchev–Trinajstić information content (AvgIpc) is 2.93. The van der Waals surface area contributed by atoms with Gasteiger partial charge in [-0.15, -0.1) is 0 Å². The van der Waals surface area contributed by atoms with Crippen LogP contribution in [0.2, 0.25) is 5.02 Å². The fraction of sp³-hybridized carbons (Fsp3) is 0.400. The lowest BCUT2D eigenvalue weighted by atomic mass is 10.2. The molecule has 2 aromatic heterocycles. The van der Waals surface area contributed by atoms with E-state index in [0.717, 1.165) is 44.2 Å². The van der Waals surface area contributed by atoms with Crippen molar-refractivity contribution in [2.45, 2.75) is 6.42 Å². The van der Waals surface area contributed by atoms with Crippen molar-refractivity contribution in [3.8, 4) is 5.75 Å². The molecule has 0 saturated carbocycles. The first-order valence-corrected chi connectivity index (χ1v) is 12.8. The number of anilines is 3. The number of nitrogens with zero attached hydrogens (tertiary/aromatic N) is 5. The van der Waals surface area contributed by atoms with E-state index < -0.39 is 0 Å². The van der Waals surface area contributed by atoms with E-state index in [4.69, 9.17) is 16.3 Å². The number of carbonyl (C=O) groups is 1. The van der Waals surface area contributed by atoms with Crippen molar-refractivity contribution in [3.05, 3.63) is 63.8 Å². The molecule has 1 aliphatic heterocycles. The van der Waals surface area contributed by atoms with Crippen LogP contribution in [0.3, 0.4) is 0 Å². The summed E-state index contributed by atoms with van der Waals surface area (Å²) in [6.07, 6.45) is 3.65. The van der Waals surface area contributed by atoms with Crippen molar-refractivity contribution in [2.75, 3.05) is 75.0 Å². The highest BCUT2D eigenvalue weighted by atomic mass is 35.5. The summed E-state index contributed by atoms with van der Waals surface area (Å²) in [4.78, 5) is 43.6. The van der Waals surface area contributed by atoms with Gasteiger partial charge in [-0.1, -0.05) is 11.6 Å². The van der Waals surface area contributed by atoms with Crippen molar-refractivity contribution < 1.29 is 9.53 Å². The van der Waals surface area contributed by atoms with Gasteiger partial charge in [-0.25, -0.2) is 15.0 Å². The Labute approximate surface area is 225 Å². The van der Waals surface area contributed by atoms with E-state index in [9.17, 15) is 9.59 Å². The maximum atomic E-state index is 12.5. The lowest BCUT2D eigenvalue weighted by molar-refractivity contribution is 0.0948. The van der Waals surface area contributed by atoms with E-state index in [1.807, 2.05) is 18.2 Å². The molecule has 0 atom stereocenters. The van der Waals surface area contributed by atoms with Crippen LogP contribution in [0.25, 0.3) is 0 Å². The molecular weight excluding hydrogens is 510 g/mol. The van der Waals surface area contributed by atoms with Crippen molar-refractivity contribution in [1.82, 2.24) is 30.2 Å². The van der Waals surface area contributed by atoms with Crippen LogP contribution in [0, 0.1) is 0 Å². The van der Waals surface area contributed by atoms with Gasteiger partial charge < -0.3 is 25.6 Å². The Kier molecular flexibility index (Phi) is 9.71. The monoisotopic (exact) mass is 541 g/mol. The molecule has 1 amide bonds. The third-order valence-corrected chi connectivity index (χ3v) is 6.29. The smallest absolute Gasteiger partial charge is 0.270 e. The summed E-state index contributed by atoms with van der Waals surface area (Å²) in [5.74, 6) is 1.37. The summed E-state index contributed by atoms with van der Waals surface area (Å²) in [7, 11) is 1.67. The fourth-order valence-electron chi connectivity index (χ4n) is 4.07. The zero-order chi connectivity index (χ0) is 26.7.